The SMILES string of the molecule is Nc1nc2c(ncn2[C@@H]2O[C@H](COP(=O)(O)OP(=O)(O)OP(=O)(O)O)[C@@H](O)[C@H]2OC(=O)NCCNC(=O)CCCC[C@@H]2SC[C@@H]3NC(=O)N[C@@H]32)c(=O)[nH]1. The van der Waals surface area contributed by atoms with Gasteiger partial charge in [0.25, 0.3) is 5.56 Å². The molecule has 12 N–H and O–H groups in total. The molecule has 2 unspecified atom stereocenters. The second-order valence-electron chi connectivity index (χ2n) is 11.7. The van der Waals surface area contributed by atoms with Gasteiger partial charge in [-0.3, -0.25) is 23.7 Å². The first-order chi connectivity index (χ1) is 24.8. The lowest BCUT2D eigenvalue weighted by molar-refractivity contribution is -0.121. The van der Waals surface area contributed by atoms with Gasteiger partial charge in [-0.1, -0.05) is 6.42 Å². The summed E-state index contributed by atoms with van der Waals surface area (Å²) in [6, 6.07) is 0.0213. The third kappa shape index (κ3) is 11.0. The number of carbonyl (C=O) groups is 3. The number of aromatic amines is 1. The highest BCUT2D eigenvalue weighted by molar-refractivity contribution is 8.00. The van der Waals surface area contributed by atoms with Crippen molar-refractivity contribution in [3.8, 4) is 0 Å². The number of urea groups is 1. The molecule has 3 fully saturated rings. The first-order valence-corrected chi connectivity index (χ1v) is 21.1. The molecular weight excluding hydrogens is 799 g/mol. The van der Waals surface area contributed by atoms with Gasteiger partial charge in [0.1, 0.15) is 12.2 Å². The number of unbranched alkanes of at least 4 members (excludes halogenated alkanes) is 1. The molecule has 0 saturated carbocycles. The Morgan fingerprint density at radius 2 is 1.81 bits per heavy atom. The molecule has 26 nitrogen and oxygen atoms in total. The summed E-state index contributed by atoms with van der Waals surface area (Å²) in [7, 11) is -17.2. The molecule has 0 bridgehead atoms. The number of fused-ring (bicyclic) bond motifs is 2. The summed E-state index contributed by atoms with van der Waals surface area (Å²) in [5, 5.41) is 22.1. The zero-order chi connectivity index (χ0) is 38.7. The van der Waals surface area contributed by atoms with Gasteiger partial charge < -0.3 is 61.2 Å². The number of ether oxygens (including phenoxy) is 2. The van der Waals surface area contributed by atoms with Crippen LogP contribution in [0, 0.1) is 0 Å². The van der Waals surface area contributed by atoms with Crippen molar-refractivity contribution in [1.29, 1.82) is 0 Å². The number of H-pyrrole nitrogens is 1. The molecule has 4 amide bonds. The van der Waals surface area contributed by atoms with Crippen LogP contribution >= 0.6 is 35.2 Å². The van der Waals surface area contributed by atoms with E-state index in [2.05, 4.69) is 49.4 Å². The van der Waals surface area contributed by atoms with E-state index in [0.717, 1.165) is 29.5 Å². The Morgan fingerprint density at radius 1 is 1.08 bits per heavy atom. The fourth-order valence-electron chi connectivity index (χ4n) is 5.70. The summed E-state index contributed by atoms with van der Waals surface area (Å²) in [4.78, 5) is 95.7. The molecule has 5 heterocycles. The largest absolute Gasteiger partial charge is 0.490 e. The fourth-order valence-corrected chi connectivity index (χ4v) is 10.3. The van der Waals surface area contributed by atoms with Crippen molar-refractivity contribution in [2.75, 3.05) is 31.2 Å². The van der Waals surface area contributed by atoms with E-state index in [-0.39, 0.29) is 65.9 Å². The molecule has 0 radical (unpaired) electrons. The lowest BCUT2D eigenvalue weighted by atomic mass is 10.0. The Hall–Kier alpha value is -3.16. The monoisotopic (exact) mass is 835 g/mol. The molecule has 0 spiro atoms. The Balaban J connectivity index is 1.13. The number of aliphatic hydroxyl groups excluding tert-OH is 1. The molecule has 2 aromatic rings. The van der Waals surface area contributed by atoms with Gasteiger partial charge in [0.05, 0.1) is 25.0 Å². The van der Waals surface area contributed by atoms with E-state index in [9.17, 15) is 47.8 Å². The van der Waals surface area contributed by atoms with E-state index >= 15 is 0 Å². The van der Waals surface area contributed by atoms with Crippen LogP contribution in [0.2, 0.25) is 0 Å². The molecule has 296 valence electrons. The second kappa shape index (κ2) is 16.7. The van der Waals surface area contributed by atoms with Crippen LogP contribution in [-0.2, 0) is 41.1 Å². The van der Waals surface area contributed by atoms with E-state index in [0.29, 0.717) is 6.42 Å². The smallest absolute Gasteiger partial charge is 0.439 e. The Labute approximate surface area is 301 Å². The molecule has 0 aliphatic carbocycles. The summed E-state index contributed by atoms with van der Waals surface area (Å²) in [5.74, 6) is 0.230. The maximum absolute atomic E-state index is 12.8. The van der Waals surface area contributed by atoms with Crippen LogP contribution < -0.4 is 32.6 Å². The molecule has 9 atom stereocenters. The summed E-state index contributed by atoms with van der Waals surface area (Å²) in [6.07, 6.45) is -4.45. The number of anilines is 1. The van der Waals surface area contributed by atoms with Crippen molar-refractivity contribution in [2.24, 2.45) is 0 Å². The number of nitrogens with zero attached hydrogens (tertiary/aromatic N) is 3. The quantitative estimate of drug-likeness (QED) is 0.0477. The van der Waals surface area contributed by atoms with Crippen LogP contribution in [0.1, 0.15) is 31.9 Å². The number of nitrogens with two attached hydrogens (primary N) is 1. The highest BCUT2D eigenvalue weighted by Gasteiger charge is 2.50. The van der Waals surface area contributed by atoms with Gasteiger partial charge in [0.2, 0.25) is 11.9 Å². The number of hydrogen-bond donors (Lipinski definition) is 11. The number of nitrogen functional groups attached to an aromatic ring is 1. The predicted octanol–water partition coefficient (Wildman–Crippen LogP) is -1.76. The van der Waals surface area contributed by atoms with Gasteiger partial charge in [0.15, 0.2) is 23.5 Å². The molecule has 2 aromatic heterocycles. The van der Waals surface area contributed by atoms with Crippen LogP contribution in [0.3, 0.4) is 0 Å². The molecule has 3 aliphatic heterocycles. The van der Waals surface area contributed by atoms with Crippen LogP contribution in [0.15, 0.2) is 11.1 Å². The molecule has 0 aromatic carbocycles. The zero-order valence-electron chi connectivity index (χ0n) is 27.1. The number of amides is 4. The topological polar surface area (TPSA) is 387 Å². The van der Waals surface area contributed by atoms with Gasteiger partial charge in [-0.05, 0) is 12.8 Å². The van der Waals surface area contributed by atoms with Gasteiger partial charge in [-0.25, -0.2) is 28.3 Å². The number of phosphoric acid groups is 3. The van der Waals surface area contributed by atoms with E-state index in [4.69, 9.17) is 25.0 Å². The average molecular weight is 836 g/mol. The summed E-state index contributed by atoms with van der Waals surface area (Å²) in [6.45, 7) is -1.24. The fraction of sp³-hybridized carbons (Fsp3) is 0.652. The highest BCUT2D eigenvalue weighted by atomic mass is 32.2. The number of aromatic nitrogens is 4. The lowest BCUT2D eigenvalue weighted by Gasteiger charge is -2.22. The number of phosphoric ester groups is 1. The maximum Gasteiger partial charge on any atom is 0.490 e. The molecule has 3 saturated heterocycles. The minimum atomic E-state index is -5.86. The van der Waals surface area contributed by atoms with Crippen molar-refractivity contribution in [3.63, 3.8) is 0 Å². The summed E-state index contributed by atoms with van der Waals surface area (Å²) < 4.78 is 58.8. The average Bonchev–Trinajstić information content (AvgIpc) is 3.78. The molecule has 5 rings (SSSR count). The van der Waals surface area contributed by atoms with Gasteiger partial charge in [-0.15, -0.1) is 0 Å². The Bertz CT molecular complexity index is 1900. The third-order valence-electron chi connectivity index (χ3n) is 7.90. The molecule has 30 heteroatoms. The van der Waals surface area contributed by atoms with E-state index in [1.807, 2.05) is 0 Å². The standard InChI is InChI=1S/C23H36N9O17P3S/c24-21-30-18-15(19(35)31-21)27-9-32(18)20-17(16(34)11(46-20)7-45-51(41,42)49-52(43,44)48-50(38,39)40)47-23(37)26-6-5-25-13(33)4-2-1-3-12-14-10(8-53-12)28-22(36)29-14/h9-12,14,16-17,20,34H,1-8H2,(H,25,33)(H,26,37)(H,41,42)(H,43,44)(H2,28,29,36)(H2,38,39,40)(H3,24,30,31,35)/t10-,11+,12-,14-,16+,17+,20+/m0/s1. The van der Waals surface area contributed by atoms with E-state index in [1.54, 1.807) is 11.8 Å². The number of hydrogen-bond acceptors (Lipinski definition) is 17. The number of thioether (sulfide) groups is 1. The zero-order valence-corrected chi connectivity index (χ0v) is 30.6. The lowest BCUT2D eigenvalue weighted by Crippen LogP contribution is -2.41. The number of aliphatic hydroxyl groups is 1. The summed E-state index contributed by atoms with van der Waals surface area (Å²) >= 11 is 1.78. The Kier molecular flexibility index (Phi) is 12.9. The minimum Gasteiger partial charge on any atom is -0.439 e. The van der Waals surface area contributed by atoms with Crippen molar-refractivity contribution >= 4 is 70.4 Å². The van der Waals surface area contributed by atoms with Gasteiger partial charge in [-0.2, -0.15) is 25.4 Å². The van der Waals surface area contributed by atoms with Gasteiger partial charge in [0, 0.05) is 30.5 Å². The van der Waals surface area contributed by atoms with Crippen LogP contribution in [0.5, 0.6) is 0 Å². The third-order valence-corrected chi connectivity index (χ3v) is 13.2. The van der Waals surface area contributed by atoms with Gasteiger partial charge >= 0.3 is 35.6 Å². The molecule has 3 aliphatic rings. The number of rotatable bonds is 17. The number of nitrogens with one attached hydrogen (secondary N) is 5. The Morgan fingerprint density at radius 3 is 2.55 bits per heavy atom. The maximum atomic E-state index is 12.8. The van der Waals surface area contributed by atoms with Crippen molar-refractivity contribution in [1.82, 2.24) is 40.8 Å². The van der Waals surface area contributed by atoms with Crippen LogP contribution in [0.4, 0.5) is 15.5 Å². The number of alkyl carbamates (subject to hydrolysis) is 1. The second-order valence-corrected chi connectivity index (χ2v) is 17.4. The van der Waals surface area contributed by atoms with E-state index < -0.39 is 66.3 Å². The normalized spacial score (nSPS) is 27.7. The number of imidazole rings is 1. The molecule has 53 heavy (non-hydrogen) atoms. The van der Waals surface area contributed by atoms with E-state index in [1.165, 1.54) is 0 Å². The van der Waals surface area contributed by atoms with Crippen molar-refractivity contribution in [2.45, 2.75) is 67.6 Å². The summed E-state index contributed by atoms with van der Waals surface area (Å²) in [5.41, 5.74) is 4.46. The van der Waals surface area contributed by atoms with Crippen molar-refractivity contribution in [3.05, 3.63) is 16.7 Å². The minimum absolute atomic E-state index is 0.00183. The van der Waals surface area contributed by atoms with Crippen molar-refractivity contribution < 1.29 is 75.4 Å². The first kappa shape index (κ1) is 41.0. The molecular formula is C23H36N9O17P3S. The first-order valence-electron chi connectivity index (χ1n) is 15.5. The number of carbonyl (C=O) groups excluding carboxylic acids is 3. The predicted molar refractivity (Wildman–Crippen MR) is 178 cm³/mol. The van der Waals surface area contributed by atoms with Crippen LogP contribution in [0.25, 0.3) is 11.2 Å². The highest BCUT2D eigenvalue weighted by Crippen LogP contribution is 2.66. The van der Waals surface area contributed by atoms with Crippen LogP contribution in [-0.4, -0.2) is 123 Å².